The van der Waals surface area contributed by atoms with Crippen LogP contribution in [0.3, 0.4) is 0 Å². The normalized spacial score (nSPS) is 14.5. The zero-order valence-corrected chi connectivity index (χ0v) is 19.2. The molecule has 1 aliphatic carbocycles. The van der Waals surface area contributed by atoms with Crippen LogP contribution in [0.15, 0.2) is 0 Å². The van der Waals surface area contributed by atoms with Crippen molar-refractivity contribution >= 4 is 11.9 Å². The molecule has 0 aromatic carbocycles. The van der Waals surface area contributed by atoms with E-state index in [0.29, 0.717) is 84.9 Å². The van der Waals surface area contributed by atoms with Crippen molar-refractivity contribution in [1.82, 2.24) is 10.6 Å². The molecular formula is C22H42N2O7. The van der Waals surface area contributed by atoms with Crippen molar-refractivity contribution in [3.63, 3.8) is 0 Å². The minimum atomic E-state index is -0.257. The highest BCUT2D eigenvalue weighted by atomic mass is 16.6. The molecule has 1 rings (SSSR count). The van der Waals surface area contributed by atoms with Crippen LogP contribution in [-0.4, -0.2) is 91.0 Å². The van der Waals surface area contributed by atoms with Gasteiger partial charge in [0.1, 0.15) is 0 Å². The second kappa shape index (κ2) is 20.6. The Hall–Kier alpha value is -1.26. The lowest BCUT2D eigenvalue weighted by atomic mass is 9.87. The number of hydrogen-bond donors (Lipinski definition) is 2. The third-order valence-corrected chi connectivity index (χ3v) is 4.88. The van der Waals surface area contributed by atoms with Crippen molar-refractivity contribution in [2.45, 2.75) is 45.4 Å². The molecule has 1 amide bonds. The first kappa shape index (κ1) is 27.8. The van der Waals surface area contributed by atoms with E-state index in [-0.39, 0.29) is 18.4 Å². The van der Waals surface area contributed by atoms with Crippen LogP contribution in [0.2, 0.25) is 0 Å². The molecule has 0 bridgehead atoms. The summed E-state index contributed by atoms with van der Waals surface area (Å²) < 4.78 is 26.5. The summed E-state index contributed by atoms with van der Waals surface area (Å²) in [7, 11) is 0. The molecule has 2 N–H and O–H groups in total. The average Bonchev–Trinajstić information content (AvgIpc) is 2.76. The van der Waals surface area contributed by atoms with Crippen molar-refractivity contribution in [3.05, 3.63) is 0 Å². The van der Waals surface area contributed by atoms with E-state index < -0.39 is 0 Å². The Labute approximate surface area is 186 Å². The molecule has 0 spiro atoms. The number of amides is 1. The molecule has 1 aliphatic rings. The van der Waals surface area contributed by atoms with E-state index in [2.05, 4.69) is 10.6 Å². The Morgan fingerprint density at radius 3 is 1.90 bits per heavy atom. The smallest absolute Gasteiger partial charge is 0.319 e. The first-order valence-electron chi connectivity index (χ1n) is 11.7. The van der Waals surface area contributed by atoms with Crippen molar-refractivity contribution in [2.24, 2.45) is 5.92 Å². The number of carbonyl (C=O) groups is 2. The molecule has 0 saturated heterocycles. The highest BCUT2D eigenvalue weighted by molar-refractivity contribution is 5.76. The molecule has 0 heterocycles. The highest BCUT2D eigenvalue weighted by Gasteiger charge is 2.16. The number of rotatable bonds is 20. The summed E-state index contributed by atoms with van der Waals surface area (Å²) in [6, 6.07) is 0. The van der Waals surface area contributed by atoms with Gasteiger partial charge in [0.2, 0.25) is 5.91 Å². The van der Waals surface area contributed by atoms with Gasteiger partial charge in [-0.2, -0.15) is 0 Å². The van der Waals surface area contributed by atoms with Crippen LogP contribution in [0.4, 0.5) is 0 Å². The number of hydrogen-bond acceptors (Lipinski definition) is 8. The molecule has 1 saturated carbocycles. The van der Waals surface area contributed by atoms with Gasteiger partial charge in [0.25, 0.3) is 0 Å². The van der Waals surface area contributed by atoms with E-state index in [4.69, 9.17) is 23.7 Å². The first-order chi connectivity index (χ1) is 15.2. The summed E-state index contributed by atoms with van der Waals surface area (Å²) in [5.41, 5.74) is 0. The number of ether oxygens (including phenoxy) is 5. The summed E-state index contributed by atoms with van der Waals surface area (Å²) in [5, 5.41) is 5.87. The lowest BCUT2D eigenvalue weighted by molar-refractivity contribution is -0.142. The summed E-state index contributed by atoms with van der Waals surface area (Å²) >= 11 is 0. The molecular weight excluding hydrogens is 404 g/mol. The zero-order chi connectivity index (χ0) is 22.4. The van der Waals surface area contributed by atoms with Crippen molar-refractivity contribution < 1.29 is 33.3 Å². The molecule has 0 aromatic heterocycles. The average molecular weight is 447 g/mol. The summed E-state index contributed by atoms with van der Waals surface area (Å²) in [4.78, 5) is 23.0. The van der Waals surface area contributed by atoms with Crippen LogP contribution in [0.5, 0.6) is 0 Å². The summed E-state index contributed by atoms with van der Waals surface area (Å²) in [5.74, 6) is 0.449. The van der Waals surface area contributed by atoms with E-state index >= 15 is 0 Å². The molecule has 9 nitrogen and oxygen atoms in total. The van der Waals surface area contributed by atoms with Crippen LogP contribution in [-0.2, 0) is 33.3 Å². The predicted octanol–water partition coefficient (Wildman–Crippen LogP) is 1.29. The third-order valence-electron chi connectivity index (χ3n) is 4.88. The van der Waals surface area contributed by atoms with Gasteiger partial charge in [-0.05, 0) is 25.7 Å². The maximum atomic E-state index is 11.9. The Morgan fingerprint density at radius 1 is 0.774 bits per heavy atom. The molecule has 1 fully saturated rings. The lowest BCUT2D eigenvalue weighted by Gasteiger charge is -2.20. The summed E-state index contributed by atoms with van der Waals surface area (Å²) in [6.07, 6.45) is 6.87. The largest absolute Gasteiger partial charge is 0.465 e. The Balaban J connectivity index is 1.71. The van der Waals surface area contributed by atoms with E-state index in [9.17, 15) is 9.59 Å². The maximum absolute atomic E-state index is 11.9. The van der Waals surface area contributed by atoms with Gasteiger partial charge in [-0.15, -0.1) is 0 Å². The molecule has 0 radical (unpaired) electrons. The molecule has 0 atom stereocenters. The minimum absolute atomic E-state index is 0.140. The standard InChI is InChI=1S/C22H42N2O7/c1-2-31-22(26)19-23-8-10-27-12-14-29-16-17-30-15-13-28-11-9-24-21(25)18-20-6-4-3-5-7-20/h20,23H,2-19H2,1H3,(H,24,25). The molecule has 0 aliphatic heterocycles. The van der Waals surface area contributed by atoms with Crippen LogP contribution in [0.1, 0.15) is 45.4 Å². The van der Waals surface area contributed by atoms with Crippen molar-refractivity contribution in [1.29, 1.82) is 0 Å². The predicted molar refractivity (Wildman–Crippen MR) is 117 cm³/mol. The topological polar surface area (TPSA) is 104 Å². The highest BCUT2D eigenvalue weighted by Crippen LogP contribution is 2.25. The van der Waals surface area contributed by atoms with Gasteiger partial charge in [-0.25, -0.2) is 0 Å². The fraction of sp³-hybridized carbons (Fsp3) is 0.909. The third kappa shape index (κ3) is 18.1. The fourth-order valence-corrected chi connectivity index (χ4v) is 3.30. The van der Waals surface area contributed by atoms with E-state index in [1.807, 2.05) is 0 Å². The SMILES string of the molecule is CCOC(=O)CNCCOCCOCCOCCOCCNC(=O)CC1CCCCC1. The van der Waals surface area contributed by atoms with Gasteiger partial charge >= 0.3 is 5.97 Å². The van der Waals surface area contributed by atoms with Crippen molar-refractivity contribution in [3.8, 4) is 0 Å². The van der Waals surface area contributed by atoms with Gasteiger partial charge < -0.3 is 34.3 Å². The Kier molecular flexibility index (Phi) is 18.5. The van der Waals surface area contributed by atoms with Gasteiger partial charge in [-0.1, -0.05) is 19.3 Å². The quantitative estimate of drug-likeness (QED) is 0.213. The first-order valence-corrected chi connectivity index (χ1v) is 11.7. The van der Waals surface area contributed by atoms with Gasteiger partial charge in [-0.3, -0.25) is 9.59 Å². The van der Waals surface area contributed by atoms with Crippen molar-refractivity contribution in [2.75, 3.05) is 79.1 Å². The van der Waals surface area contributed by atoms with Crippen LogP contribution >= 0.6 is 0 Å². The zero-order valence-electron chi connectivity index (χ0n) is 19.2. The monoisotopic (exact) mass is 446 g/mol. The lowest BCUT2D eigenvalue weighted by Crippen LogP contribution is -2.29. The fourth-order valence-electron chi connectivity index (χ4n) is 3.30. The molecule has 0 unspecified atom stereocenters. The Bertz CT molecular complexity index is 446. The minimum Gasteiger partial charge on any atom is -0.465 e. The maximum Gasteiger partial charge on any atom is 0.319 e. The number of nitrogens with one attached hydrogen (secondary N) is 2. The van der Waals surface area contributed by atoms with Gasteiger partial charge in [0, 0.05) is 19.5 Å². The molecule has 182 valence electrons. The van der Waals surface area contributed by atoms with E-state index in [1.54, 1.807) is 6.92 Å². The second-order valence-corrected chi connectivity index (χ2v) is 7.49. The molecule has 0 aromatic rings. The van der Waals surface area contributed by atoms with Gasteiger partial charge in [0.05, 0.1) is 66.0 Å². The number of esters is 1. The van der Waals surface area contributed by atoms with E-state index in [1.165, 1.54) is 32.1 Å². The Morgan fingerprint density at radius 2 is 1.32 bits per heavy atom. The van der Waals surface area contributed by atoms with Gasteiger partial charge in [0.15, 0.2) is 0 Å². The summed E-state index contributed by atoms with van der Waals surface area (Å²) in [6.45, 7) is 7.53. The van der Waals surface area contributed by atoms with Crippen LogP contribution in [0.25, 0.3) is 0 Å². The second-order valence-electron chi connectivity index (χ2n) is 7.49. The molecule has 31 heavy (non-hydrogen) atoms. The molecule has 9 heteroatoms. The van der Waals surface area contributed by atoms with E-state index in [0.717, 1.165) is 0 Å². The van der Waals surface area contributed by atoms with Crippen LogP contribution in [0, 0.1) is 5.92 Å². The number of carbonyl (C=O) groups excluding carboxylic acids is 2. The van der Waals surface area contributed by atoms with Crippen LogP contribution < -0.4 is 10.6 Å².